The highest BCUT2D eigenvalue weighted by atomic mass is 35.5. The number of ether oxygens (including phenoxy) is 2. The predicted molar refractivity (Wildman–Crippen MR) is 119 cm³/mol. The summed E-state index contributed by atoms with van der Waals surface area (Å²) < 4.78 is 37.9. The summed E-state index contributed by atoms with van der Waals surface area (Å²) in [4.78, 5) is 29.8. The molecule has 9 heteroatoms. The predicted octanol–water partition coefficient (Wildman–Crippen LogP) is 4.30. The summed E-state index contributed by atoms with van der Waals surface area (Å²) >= 11 is 6.08. The van der Waals surface area contributed by atoms with E-state index >= 15 is 0 Å². The van der Waals surface area contributed by atoms with Crippen molar-refractivity contribution in [3.63, 3.8) is 0 Å². The molecule has 2 amide bonds. The second kappa shape index (κ2) is 9.95. The van der Waals surface area contributed by atoms with Crippen molar-refractivity contribution < 1.29 is 27.8 Å². The minimum atomic E-state index is -0.745. The number of amides is 2. The van der Waals surface area contributed by atoms with E-state index in [1.165, 1.54) is 13.2 Å². The van der Waals surface area contributed by atoms with Gasteiger partial charge in [0.2, 0.25) is 5.91 Å². The average Bonchev–Trinajstić information content (AvgIpc) is 3.30. The molecular formula is C24H25ClF2N2O4. The number of rotatable bonds is 5. The van der Waals surface area contributed by atoms with E-state index < -0.39 is 17.7 Å². The fourth-order valence-corrected chi connectivity index (χ4v) is 4.60. The van der Waals surface area contributed by atoms with Crippen LogP contribution in [0.5, 0.6) is 11.5 Å². The molecule has 1 unspecified atom stereocenters. The maximum absolute atomic E-state index is 13.9. The van der Waals surface area contributed by atoms with Crippen LogP contribution in [0.1, 0.15) is 36.0 Å². The Bertz CT molecular complexity index is 1040. The van der Waals surface area contributed by atoms with Gasteiger partial charge in [-0.25, -0.2) is 8.78 Å². The van der Waals surface area contributed by atoms with Crippen molar-refractivity contribution in [1.29, 1.82) is 0 Å². The average molecular weight is 479 g/mol. The Labute approximate surface area is 196 Å². The van der Waals surface area contributed by atoms with Gasteiger partial charge in [0.1, 0.15) is 23.7 Å². The number of hydrogen-bond donors (Lipinski definition) is 0. The van der Waals surface area contributed by atoms with Crippen LogP contribution in [0.2, 0.25) is 5.02 Å². The van der Waals surface area contributed by atoms with Gasteiger partial charge >= 0.3 is 0 Å². The molecule has 1 atom stereocenters. The van der Waals surface area contributed by atoms with Gasteiger partial charge in [0, 0.05) is 43.6 Å². The van der Waals surface area contributed by atoms with Crippen molar-refractivity contribution in [2.24, 2.45) is 0 Å². The van der Waals surface area contributed by atoms with E-state index in [2.05, 4.69) is 0 Å². The largest absolute Gasteiger partial charge is 0.496 e. The second-order valence-corrected chi connectivity index (χ2v) is 8.65. The molecule has 6 nitrogen and oxygen atoms in total. The smallest absolute Gasteiger partial charge is 0.258 e. The summed E-state index contributed by atoms with van der Waals surface area (Å²) in [5.41, 5.74) is 0.332. The van der Waals surface area contributed by atoms with Crippen LogP contribution in [0.3, 0.4) is 0 Å². The number of carbonyl (C=O) groups excluding carboxylic acids is 2. The van der Waals surface area contributed by atoms with E-state index in [0.717, 1.165) is 18.6 Å². The molecule has 0 radical (unpaired) electrons. The molecule has 0 aromatic heterocycles. The number of halogens is 3. The molecule has 176 valence electrons. The molecule has 2 aliphatic heterocycles. The molecule has 2 aromatic rings. The molecule has 2 fully saturated rings. The molecule has 2 saturated heterocycles. The molecule has 2 aromatic carbocycles. The van der Waals surface area contributed by atoms with Crippen LogP contribution in [0.25, 0.3) is 0 Å². The number of hydrogen-bond acceptors (Lipinski definition) is 4. The number of likely N-dealkylation sites (tertiary alicyclic amines) is 2. The van der Waals surface area contributed by atoms with Crippen molar-refractivity contribution >= 4 is 23.4 Å². The molecule has 0 aliphatic carbocycles. The molecule has 0 spiro atoms. The molecule has 0 saturated carbocycles. The lowest BCUT2D eigenvalue weighted by atomic mass is 10.1. The normalized spacial score (nSPS) is 19.0. The lowest BCUT2D eigenvalue weighted by molar-refractivity contribution is -0.137. The number of carbonyl (C=O) groups is 2. The summed E-state index contributed by atoms with van der Waals surface area (Å²) in [6.45, 7) is 1.35. The standard InChI is InChI=1S/C24H25ClF2N2O4/c1-32-21-6-4-15(25)13-18(21)23(30)29-10-2-3-20(29)24(31)28-11-8-17(9-12-28)33-22-7-5-16(26)14-19(22)27/h4-7,13-14,17,20H,2-3,8-12H2,1H3. The number of piperidine rings is 1. The van der Waals surface area contributed by atoms with E-state index in [4.69, 9.17) is 21.1 Å². The van der Waals surface area contributed by atoms with Crippen LogP contribution in [-0.2, 0) is 4.79 Å². The fourth-order valence-electron chi connectivity index (χ4n) is 4.42. The maximum atomic E-state index is 13.9. The van der Waals surface area contributed by atoms with Crippen LogP contribution >= 0.6 is 11.6 Å². The molecule has 33 heavy (non-hydrogen) atoms. The first kappa shape index (κ1) is 23.3. The molecule has 4 rings (SSSR count). The zero-order chi connectivity index (χ0) is 23.5. The van der Waals surface area contributed by atoms with Gasteiger partial charge in [-0.1, -0.05) is 11.6 Å². The minimum absolute atomic E-state index is 0.00390. The number of nitrogens with zero attached hydrogens (tertiary/aromatic N) is 2. The van der Waals surface area contributed by atoms with Crippen LogP contribution in [0.4, 0.5) is 8.78 Å². The zero-order valence-electron chi connectivity index (χ0n) is 18.2. The van der Waals surface area contributed by atoms with Gasteiger partial charge < -0.3 is 19.3 Å². The van der Waals surface area contributed by atoms with Gasteiger partial charge in [-0.3, -0.25) is 9.59 Å². The number of benzene rings is 2. The minimum Gasteiger partial charge on any atom is -0.496 e. The van der Waals surface area contributed by atoms with E-state index in [-0.39, 0.29) is 23.7 Å². The highest BCUT2D eigenvalue weighted by molar-refractivity contribution is 6.31. The van der Waals surface area contributed by atoms with Gasteiger partial charge in [-0.15, -0.1) is 0 Å². The quantitative estimate of drug-likeness (QED) is 0.643. The maximum Gasteiger partial charge on any atom is 0.258 e. The Balaban J connectivity index is 1.39. The summed E-state index contributed by atoms with van der Waals surface area (Å²) in [5.74, 6) is -1.38. The Hall–Kier alpha value is -2.87. The third-order valence-corrected chi connectivity index (χ3v) is 6.37. The first-order valence-electron chi connectivity index (χ1n) is 10.9. The Kier molecular flexibility index (Phi) is 7.02. The molecule has 2 aliphatic rings. The second-order valence-electron chi connectivity index (χ2n) is 8.22. The Morgan fingerprint density at radius 2 is 1.73 bits per heavy atom. The lowest BCUT2D eigenvalue weighted by Crippen LogP contribution is -2.51. The number of methoxy groups -OCH3 is 1. The van der Waals surface area contributed by atoms with Crippen LogP contribution < -0.4 is 9.47 Å². The molecule has 0 N–H and O–H groups in total. The Morgan fingerprint density at radius 3 is 2.42 bits per heavy atom. The molecule has 2 heterocycles. The first-order valence-corrected chi connectivity index (χ1v) is 11.3. The van der Waals surface area contributed by atoms with Gasteiger partial charge in [-0.2, -0.15) is 0 Å². The van der Waals surface area contributed by atoms with Crippen molar-refractivity contribution in [3.05, 3.63) is 58.6 Å². The van der Waals surface area contributed by atoms with Crippen LogP contribution in [-0.4, -0.2) is 60.5 Å². The van der Waals surface area contributed by atoms with Gasteiger partial charge in [0.15, 0.2) is 11.6 Å². The van der Waals surface area contributed by atoms with Crippen molar-refractivity contribution in [2.75, 3.05) is 26.7 Å². The zero-order valence-corrected chi connectivity index (χ0v) is 19.0. The summed E-state index contributed by atoms with van der Waals surface area (Å²) in [6, 6.07) is 7.50. The third-order valence-electron chi connectivity index (χ3n) is 6.13. The summed E-state index contributed by atoms with van der Waals surface area (Å²) in [7, 11) is 1.48. The molecule has 0 bridgehead atoms. The van der Waals surface area contributed by atoms with Crippen LogP contribution in [0.15, 0.2) is 36.4 Å². The van der Waals surface area contributed by atoms with E-state index in [9.17, 15) is 18.4 Å². The summed E-state index contributed by atoms with van der Waals surface area (Å²) in [6.07, 6.45) is 2.08. The van der Waals surface area contributed by atoms with Crippen molar-refractivity contribution in [2.45, 2.75) is 37.8 Å². The van der Waals surface area contributed by atoms with Gasteiger partial charge in [-0.05, 0) is 43.2 Å². The van der Waals surface area contributed by atoms with Gasteiger partial charge in [0.05, 0.1) is 12.7 Å². The van der Waals surface area contributed by atoms with Gasteiger partial charge in [0.25, 0.3) is 5.91 Å². The monoisotopic (exact) mass is 478 g/mol. The van der Waals surface area contributed by atoms with E-state index in [1.807, 2.05) is 0 Å². The topological polar surface area (TPSA) is 59.1 Å². The SMILES string of the molecule is COc1ccc(Cl)cc1C(=O)N1CCCC1C(=O)N1CCC(Oc2ccc(F)cc2F)CC1. The van der Waals surface area contributed by atoms with E-state index in [0.29, 0.717) is 55.2 Å². The molecular weight excluding hydrogens is 454 g/mol. The fraction of sp³-hybridized carbons (Fsp3) is 0.417. The highest BCUT2D eigenvalue weighted by Crippen LogP contribution is 2.29. The summed E-state index contributed by atoms with van der Waals surface area (Å²) in [5, 5.41) is 0.417. The lowest BCUT2D eigenvalue weighted by Gasteiger charge is -2.35. The van der Waals surface area contributed by atoms with Crippen molar-refractivity contribution in [1.82, 2.24) is 9.80 Å². The highest BCUT2D eigenvalue weighted by Gasteiger charge is 2.38. The van der Waals surface area contributed by atoms with Crippen molar-refractivity contribution in [3.8, 4) is 11.5 Å². The first-order chi connectivity index (χ1) is 15.9. The van der Waals surface area contributed by atoms with E-state index in [1.54, 1.807) is 28.0 Å². The third kappa shape index (κ3) is 5.05. The Morgan fingerprint density at radius 1 is 1.00 bits per heavy atom. The van der Waals surface area contributed by atoms with Crippen LogP contribution in [0, 0.1) is 11.6 Å².